The van der Waals surface area contributed by atoms with E-state index in [0.29, 0.717) is 19.4 Å². The molecule has 2 rings (SSSR count). The van der Waals surface area contributed by atoms with Crippen LogP contribution in [0.15, 0.2) is 6.20 Å². The van der Waals surface area contributed by atoms with Crippen molar-refractivity contribution in [3.8, 4) is 0 Å². The van der Waals surface area contributed by atoms with Gasteiger partial charge in [0.1, 0.15) is 17.1 Å². The van der Waals surface area contributed by atoms with Crippen molar-refractivity contribution in [3.63, 3.8) is 0 Å². The van der Waals surface area contributed by atoms with E-state index in [1.807, 2.05) is 20.8 Å². The van der Waals surface area contributed by atoms with E-state index >= 15 is 0 Å². The Morgan fingerprint density at radius 1 is 1.42 bits per heavy atom. The van der Waals surface area contributed by atoms with E-state index in [2.05, 4.69) is 10.3 Å². The monoisotopic (exact) mass is 281 g/mol. The van der Waals surface area contributed by atoms with Gasteiger partial charge in [-0.05, 0) is 19.8 Å². The first-order chi connectivity index (χ1) is 9.00. The van der Waals surface area contributed by atoms with E-state index in [4.69, 9.17) is 0 Å². The lowest BCUT2D eigenvalue weighted by Crippen LogP contribution is -2.65. The molecule has 1 aromatic heterocycles. The molecule has 0 radical (unpaired) electrons. The van der Waals surface area contributed by atoms with E-state index < -0.39 is 5.54 Å². The fraction of sp³-hybridized carbons (Fsp3) is 0.615. The van der Waals surface area contributed by atoms with Crippen molar-refractivity contribution in [2.75, 3.05) is 6.54 Å². The third-order valence-electron chi connectivity index (χ3n) is 3.61. The summed E-state index contributed by atoms with van der Waals surface area (Å²) >= 11 is 1.56. The Balaban J connectivity index is 2.20. The molecule has 2 heterocycles. The zero-order chi connectivity index (χ0) is 14.0. The maximum Gasteiger partial charge on any atom is 0.249 e. The second kappa shape index (κ2) is 5.28. The van der Waals surface area contributed by atoms with Crippen molar-refractivity contribution in [2.24, 2.45) is 0 Å². The molecule has 1 aromatic rings. The van der Waals surface area contributed by atoms with E-state index in [1.165, 1.54) is 0 Å². The maximum absolute atomic E-state index is 12.6. The van der Waals surface area contributed by atoms with Gasteiger partial charge in [-0.15, -0.1) is 11.3 Å². The van der Waals surface area contributed by atoms with E-state index in [0.717, 1.165) is 9.88 Å². The Morgan fingerprint density at radius 2 is 2.11 bits per heavy atom. The number of aromatic nitrogens is 1. The van der Waals surface area contributed by atoms with Crippen LogP contribution in [0, 0.1) is 6.92 Å². The zero-order valence-electron chi connectivity index (χ0n) is 11.5. The number of thiazole rings is 1. The number of rotatable bonds is 4. The van der Waals surface area contributed by atoms with Crippen LogP contribution in [-0.2, 0) is 16.1 Å². The van der Waals surface area contributed by atoms with Gasteiger partial charge in [0, 0.05) is 11.1 Å². The topological polar surface area (TPSA) is 62.3 Å². The van der Waals surface area contributed by atoms with Crippen LogP contribution in [0.3, 0.4) is 0 Å². The number of nitrogens with zero attached hydrogens (tertiary/aromatic N) is 2. The molecule has 0 atom stereocenters. The van der Waals surface area contributed by atoms with Crippen molar-refractivity contribution in [2.45, 2.75) is 45.7 Å². The summed E-state index contributed by atoms with van der Waals surface area (Å²) in [5.41, 5.74) is -0.734. The molecule has 0 unspecified atom stereocenters. The fourth-order valence-electron chi connectivity index (χ4n) is 2.40. The summed E-state index contributed by atoms with van der Waals surface area (Å²) in [5.74, 6) is -0.0819. The van der Waals surface area contributed by atoms with Gasteiger partial charge in [-0.2, -0.15) is 0 Å². The van der Waals surface area contributed by atoms with Gasteiger partial charge >= 0.3 is 0 Å². The maximum atomic E-state index is 12.6. The quantitative estimate of drug-likeness (QED) is 0.909. The summed E-state index contributed by atoms with van der Waals surface area (Å²) in [7, 11) is 0. The smallest absolute Gasteiger partial charge is 0.249 e. The van der Waals surface area contributed by atoms with E-state index in [1.54, 1.807) is 22.4 Å². The first-order valence-electron chi connectivity index (χ1n) is 6.52. The van der Waals surface area contributed by atoms with Gasteiger partial charge in [-0.3, -0.25) is 9.59 Å². The van der Waals surface area contributed by atoms with E-state index in [9.17, 15) is 9.59 Å². The Hall–Kier alpha value is -1.43. The number of hydrogen-bond acceptors (Lipinski definition) is 4. The molecule has 0 saturated carbocycles. The molecule has 1 saturated heterocycles. The predicted molar refractivity (Wildman–Crippen MR) is 73.7 cm³/mol. The molecule has 0 spiro atoms. The summed E-state index contributed by atoms with van der Waals surface area (Å²) in [4.78, 5) is 31.4. The lowest BCUT2D eigenvalue weighted by molar-refractivity contribution is -0.151. The van der Waals surface area contributed by atoms with Crippen molar-refractivity contribution >= 4 is 23.2 Å². The Kier molecular flexibility index (Phi) is 3.89. The number of carbonyl (C=O) groups excluding carboxylic acids is 2. The van der Waals surface area contributed by atoms with Gasteiger partial charge < -0.3 is 10.2 Å². The average molecular weight is 281 g/mol. The van der Waals surface area contributed by atoms with Gasteiger partial charge in [-0.1, -0.05) is 13.8 Å². The average Bonchev–Trinajstić information content (AvgIpc) is 2.79. The number of amides is 2. The lowest BCUT2D eigenvalue weighted by Gasteiger charge is -2.40. The highest BCUT2D eigenvalue weighted by atomic mass is 32.1. The summed E-state index contributed by atoms with van der Waals surface area (Å²) < 4.78 is 0. The second-order valence-corrected chi connectivity index (χ2v) is 6.18. The molecule has 1 N–H and O–H groups in total. The first kappa shape index (κ1) is 14.0. The van der Waals surface area contributed by atoms with Crippen molar-refractivity contribution in [1.29, 1.82) is 0 Å². The fourth-order valence-corrected chi connectivity index (χ4v) is 3.21. The summed E-state index contributed by atoms with van der Waals surface area (Å²) in [6.45, 7) is 6.39. The number of carbonyl (C=O) groups is 2. The third-order valence-corrected chi connectivity index (χ3v) is 4.51. The highest BCUT2D eigenvalue weighted by Crippen LogP contribution is 2.24. The van der Waals surface area contributed by atoms with Gasteiger partial charge in [0.15, 0.2) is 0 Å². The number of nitrogens with one attached hydrogen (secondary N) is 1. The minimum absolute atomic E-state index is 0.00459. The van der Waals surface area contributed by atoms with Crippen LogP contribution in [0.5, 0.6) is 0 Å². The van der Waals surface area contributed by atoms with Gasteiger partial charge in [0.05, 0.1) is 6.54 Å². The van der Waals surface area contributed by atoms with E-state index in [-0.39, 0.29) is 18.4 Å². The Labute approximate surface area is 117 Å². The van der Waals surface area contributed by atoms with Gasteiger partial charge in [0.2, 0.25) is 11.8 Å². The van der Waals surface area contributed by atoms with Crippen molar-refractivity contribution in [3.05, 3.63) is 16.1 Å². The van der Waals surface area contributed by atoms with Crippen LogP contribution in [0.4, 0.5) is 0 Å². The number of hydrogen-bond donors (Lipinski definition) is 1. The molecular weight excluding hydrogens is 262 g/mol. The molecule has 19 heavy (non-hydrogen) atoms. The predicted octanol–water partition coefficient (Wildman–Crippen LogP) is 1.47. The zero-order valence-corrected chi connectivity index (χ0v) is 12.3. The Bertz CT molecular complexity index is 494. The van der Waals surface area contributed by atoms with Crippen LogP contribution < -0.4 is 5.32 Å². The minimum atomic E-state index is -0.734. The van der Waals surface area contributed by atoms with Crippen LogP contribution in [0.2, 0.25) is 0 Å². The highest BCUT2D eigenvalue weighted by molar-refractivity contribution is 7.11. The molecular formula is C13H19N3O2S. The van der Waals surface area contributed by atoms with Gasteiger partial charge in [-0.25, -0.2) is 4.98 Å². The molecule has 6 heteroatoms. The lowest BCUT2D eigenvalue weighted by atomic mass is 9.89. The molecule has 1 fully saturated rings. The molecule has 104 valence electrons. The van der Waals surface area contributed by atoms with Crippen molar-refractivity contribution < 1.29 is 9.59 Å². The molecule has 1 aliphatic heterocycles. The third kappa shape index (κ3) is 2.63. The number of piperazine rings is 1. The molecule has 0 aliphatic carbocycles. The summed E-state index contributed by atoms with van der Waals surface area (Å²) in [5, 5.41) is 3.73. The van der Waals surface area contributed by atoms with Crippen LogP contribution in [-0.4, -0.2) is 33.8 Å². The largest absolute Gasteiger partial charge is 0.340 e. The second-order valence-electron chi connectivity index (χ2n) is 4.86. The van der Waals surface area contributed by atoms with Crippen LogP contribution in [0.1, 0.15) is 36.6 Å². The molecule has 1 aliphatic rings. The Morgan fingerprint density at radius 3 is 2.63 bits per heavy atom. The highest BCUT2D eigenvalue weighted by Gasteiger charge is 2.44. The molecule has 2 amide bonds. The van der Waals surface area contributed by atoms with Gasteiger partial charge in [0.25, 0.3) is 0 Å². The first-order valence-corrected chi connectivity index (χ1v) is 7.34. The summed E-state index contributed by atoms with van der Waals surface area (Å²) in [6.07, 6.45) is 3.02. The minimum Gasteiger partial charge on any atom is -0.340 e. The normalized spacial score (nSPS) is 18.6. The summed E-state index contributed by atoms with van der Waals surface area (Å²) in [6, 6.07) is 0. The van der Waals surface area contributed by atoms with Crippen LogP contribution >= 0.6 is 11.3 Å². The molecule has 0 aromatic carbocycles. The molecule has 5 nitrogen and oxygen atoms in total. The van der Waals surface area contributed by atoms with Crippen LogP contribution in [0.25, 0.3) is 0 Å². The SMILES string of the molecule is CCC1(CC)NC(=O)CN(Cc2ncc(C)s2)C1=O. The number of aryl methyl sites for hydroxylation is 1. The standard InChI is InChI=1S/C13H19N3O2S/c1-4-13(5-2)12(18)16(7-10(17)15-13)8-11-14-6-9(3)19-11/h6H,4-5,7-8H2,1-3H3,(H,15,17). The van der Waals surface area contributed by atoms with Crippen molar-refractivity contribution in [1.82, 2.24) is 15.2 Å². The molecule has 0 bridgehead atoms.